The highest BCUT2D eigenvalue weighted by atomic mass is 32.2. The van der Waals surface area contributed by atoms with E-state index >= 15 is 0 Å². The second-order valence-electron chi connectivity index (χ2n) is 5.18. The summed E-state index contributed by atoms with van der Waals surface area (Å²) in [6.07, 6.45) is 6.75. The van der Waals surface area contributed by atoms with Crippen molar-refractivity contribution in [3.05, 3.63) is 41.6 Å². The van der Waals surface area contributed by atoms with Crippen molar-refractivity contribution in [1.82, 2.24) is 4.72 Å². The van der Waals surface area contributed by atoms with E-state index in [0.29, 0.717) is 0 Å². The summed E-state index contributed by atoms with van der Waals surface area (Å²) < 4.78 is 15.0. The topological polar surface area (TPSA) is 29.1 Å². The van der Waals surface area contributed by atoms with Crippen molar-refractivity contribution in [2.45, 2.75) is 44.4 Å². The van der Waals surface area contributed by atoms with Crippen molar-refractivity contribution >= 4 is 11.0 Å². The Hall–Kier alpha value is -1.09. The lowest BCUT2D eigenvalue weighted by Gasteiger charge is -2.20. The summed E-state index contributed by atoms with van der Waals surface area (Å²) in [6, 6.07) is 7.81. The first-order valence-electron chi connectivity index (χ1n) is 6.57. The van der Waals surface area contributed by atoms with Gasteiger partial charge in [-0.25, -0.2) is 4.21 Å². The van der Waals surface area contributed by atoms with Crippen molar-refractivity contribution in [3.8, 4) is 0 Å². The van der Waals surface area contributed by atoms with Crippen molar-refractivity contribution in [2.24, 2.45) is 5.92 Å². The molecule has 0 heterocycles. The molecule has 1 aromatic carbocycles. The SMILES string of the molecule is Cc1ccc(S(=O)NC=C2CCC(C)CC2)cc1. The maximum atomic E-state index is 12.0. The number of benzene rings is 1. The Bertz CT molecular complexity index is 440. The standard InChI is InChI=1S/C15H21NOS/c1-12-3-7-14(8-4-12)11-16-18(17)15-9-5-13(2)6-10-15/h5-6,9-12,16H,3-4,7-8H2,1-2H3. The molecule has 0 amide bonds. The lowest BCUT2D eigenvalue weighted by atomic mass is 9.88. The predicted molar refractivity (Wildman–Crippen MR) is 76.4 cm³/mol. The summed E-state index contributed by atoms with van der Waals surface area (Å²) in [5.41, 5.74) is 2.59. The molecule has 1 N–H and O–H groups in total. The van der Waals surface area contributed by atoms with Gasteiger partial charge in [0.05, 0.1) is 4.90 Å². The Balaban J connectivity index is 1.92. The van der Waals surface area contributed by atoms with Crippen molar-refractivity contribution in [2.75, 3.05) is 0 Å². The van der Waals surface area contributed by atoms with Crippen LogP contribution in [0, 0.1) is 12.8 Å². The molecule has 1 unspecified atom stereocenters. The first kappa shape index (κ1) is 13.3. The second kappa shape index (κ2) is 6.19. The van der Waals surface area contributed by atoms with Crippen LogP contribution < -0.4 is 4.72 Å². The Morgan fingerprint density at radius 2 is 1.83 bits per heavy atom. The summed E-state index contributed by atoms with van der Waals surface area (Å²) in [6.45, 7) is 4.33. The molecule has 1 fully saturated rings. The van der Waals surface area contributed by atoms with Gasteiger partial charge in [0, 0.05) is 6.20 Å². The maximum Gasteiger partial charge on any atom is 0.149 e. The molecule has 98 valence electrons. The van der Waals surface area contributed by atoms with Crippen LogP contribution in [-0.4, -0.2) is 4.21 Å². The quantitative estimate of drug-likeness (QED) is 0.885. The van der Waals surface area contributed by atoms with E-state index in [-0.39, 0.29) is 0 Å². The number of rotatable bonds is 3. The third-order valence-corrected chi connectivity index (χ3v) is 4.55. The van der Waals surface area contributed by atoms with Gasteiger partial charge in [0.2, 0.25) is 0 Å². The van der Waals surface area contributed by atoms with Crippen molar-refractivity contribution < 1.29 is 4.21 Å². The minimum Gasteiger partial charge on any atom is -0.308 e. The number of nitrogens with one attached hydrogen (secondary N) is 1. The third kappa shape index (κ3) is 3.70. The summed E-state index contributed by atoms with van der Waals surface area (Å²) in [5, 5.41) is 0. The van der Waals surface area contributed by atoms with Gasteiger partial charge >= 0.3 is 0 Å². The van der Waals surface area contributed by atoms with Crippen LogP contribution in [0.3, 0.4) is 0 Å². The van der Waals surface area contributed by atoms with Crippen LogP contribution in [0.25, 0.3) is 0 Å². The zero-order chi connectivity index (χ0) is 13.0. The Kier molecular flexibility index (Phi) is 4.59. The molecule has 0 bridgehead atoms. The fraction of sp³-hybridized carbons (Fsp3) is 0.467. The van der Waals surface area contributed by atoms with E-state index in [1.165, 1.54) is 24.0 Å². The van der Waals surface area contributed by atoms with E-state index < -0.39 is 11.0 Å². The lowest BCUT2D eigenvalue weighted by Crippen LogP contribution is -2.13. The number of allylic oxidation sites excluding steroid dienone is 1. The molecule has 0 radical (unpaired) electrons. The number of hydrogen-bond donors (Lipinski definition) is 1. The highest BCUT2D eigenvalue weighted by Gasteiger charge is 2.12. The van der Waals surface area contributed by atoms with Crippen LogP contribution in [0.1, 0.15) is 38.2 Å². The molecular weight excluding hydrogens is 242 g/mol. The van der Waals surface area contributed by atoms with E-state index in [2.05, 4.69) is 11.6 Å². The summed E-state index contributed by atoms with van der Waals surface area (Å²) in [4.78, 5) is 0.835. The fourth-order valence-electron chi connectivity index (χ4n) is 2.14. The zero-order valence-electron chi connectivity index (χ0n) is 11.1. The maximum absolute atomic E-state index is 12.0. The Morgan fingerprint density at radius 3 is 2.44 bits per heavy atom. The summed E-state index contributed by atoms with van der Waals surface area (Å²) in [5.74, 6) is 0.838. The molecular formula is C15H21NOS. The molecule has 1 saturated carbocycles. The number of hydrogen-bond acceptors (Lipinski definition) is 1. The van der Waals surface area contributed by atoms with E-state index in [1.807, 2.05) is 37.4 Å². The highest BCUT2D eigenvalue weighted by molar-refractivity contribution is 7.83. The van der Waals surface area contributed by atoms with Crippen LogP contribution in [0.4, 0.5) is 0 Å². The molecule has 0 aromatic heterocycles. The monoisotopic (exact) mass is 263 g/mol. The molecule has 0 saturated heterocycles. The molecule has 2 rings (SSSR count). The molecule has 2 nitrogen and oxygen atoms in total. The fourth-order valence-corrected chi connectivity index (χ4v) is 2.94. The van der Waals surface area contributed by atoms with Crippen LogP contribution in [0.15, 0.2) is 40.9 Å². The van der Waals surface area contributed by atoms with Crippen LogP contribution >= 0.6 is 0 Å². The average Bonchev–Trinajstić information content (AvgIpc) is 2.38. The van der Waals surface area contributed by atoms with E-state index in [9.17, 15) is 4.21 Å². The van der Waals surface area contributed by atoms with Gasteiger partial charge < -0.3 is 4.72 Å². The van der Waals surface area contributed by atoms with Gasteiger partial charge in [0.1, 0.15) is 11.0 Å². The molecule has 0 aliphatic heterocycles. The van der Waals surface area contributed by atoms with Crippen LogP contribution in [0.5, 0.6) is 0 Å². The van der Waals surface area contributed by atoms with Gasteiger partial charge in [-0.05, 0) is 50.7 Å². The smallest absolute Gasteiger partial charge is 0.149 e. The van der Waals surface area contributed by atoms with E-state index in [0.717, 1.165) is 23.7 Å². The molecule has 0 spiro atoms. The number of aryl methyl sites for hydroxylation is 1. The first-order chi connectivity index (χ1) is 8.65. The first-order valence-corrected chi connectivity index (χ1v) is 7.72. The summed E-state index contributed by atoms with van der Waals surface area (Å²) >= 11 is 0. The molecule has 3 heteroatoms. The summed E-state index contributed by atoms with van der Waals surface area (Å²) in [7, 11) is -1.13. The van der Waals surface area contributed by atoms with Gasteiger partial charge in [-0.15, -0.1) is 0 Å². The Labute approximate surface area is 112 Å². The highest BCUT2D eigenvalue weighted by Crippen LogP contribution is 2.27. The Morgan fingerprint density at radius 1 is 1.22 bits per heavy atom. The zero-order valence-corrected chi connectivity index (χ0v) is 11.9. The molecule has 1 aliphatic rings. The van der Waals surface area contributed by atoms with Crippen LogP contribution in [0.2, 0.25) is 0 Å². The average molecular weight is 263 g/mol. The van der Waals surface area contributed by atoms with Crippen molar-refractivity contribution in [1.29, 1.82) is 0 Å². The van der Waals surface area contributed by atoms with E-state index in [1.54, 1.807) is 0 Å². The largest absolute Gasteiger partial charge is 0.308 e. The van der Waals surface area contributed by atoms with Gasteiger partial charge in [-0.1, -0.05) is 30.2 Å². The molecule has 1 atom stereocenters. The van der Waals surface area contributed by atoms with Crippen LogP contribution in [-0.2, 0) is 11.0 Å². The second-order valence-corrected chi connectivity index (χ2v) is 6.43. The minimum atomic E-state index is -1.13. The van der Waals surface area contributed by atoms with Gasteiger partial charge in [0.15, 0.2) is 0 Å². The predicted octanol–water partition coefficient (Wildman–Crippen LogP) is 3.70. The lowest BCUT2D eigenvalue weighted by molar-refractivity contribution is 0.443. The third-order valence-electron chi connectivity index (χ3n) is 3.52. The molecule has 18 heavy (non-hydrogen) atoms. The van der Waals surface area contributed by atoms with Crippen molar-refractivity contribution in [3.63, 3.8) is 0 Å². The van der Waals surface area contributed by atoms with Gasteiger partial charge in [0.25, 0.3) is 0 Å². The normalized spacial score (nSPS) is 21.4. The molecule has 1 aromatic rings. The minimum absolute atomic E-state index is 0.835. The van der Waals surface area contributed by atoms with Gasteiger partial charge in [-0.2, -0.15) is 0 Å². The molecule has 1 aliphatic carbocycles. The van der Waals surface area contributed by atoms with Gasteiger partial charge in [-0.3, -0.25) is 0 Å². The van der Waals surface area contributed by atoms with E-state index in [4.69, 9.17) is 0 Å².